The quantitative estimate of drug-likeness (QED) is 0.457. The van der Waals surface area contributed by atoms with Crippen molar-refractivity contribution in [2.75, 3.05) is 18.0 Å². The second kappa shape index (κ2) is 10.5. The number of sulfonamides is 1. The van der Waals surface area contributed by atoms with E-state index >= 15 is 0 Å². The Bertz CT molecular complexity index is 1260. The van der Waals surface area contributed by atoms with Crippen molar-refractivity contribution in [1.29, 1.82) is 0 Å². The first-order valence-corrected chi connectivity index (χ1v) is 13.0. The summed E-state index contributed by atoms with van der Waals surface area (Å²) in [6, 6.07) is 21.2. The number of methoxy groups -OCH3 is 1. The second-order valence-electron chi connectivity index (χ2n) is 9.64. The van der Waals surface area contributed by atoms with Gasteiger partial charge in [-0.15, -0.1) is 0 Å². The Kier molecular flexibility index (Phi) is 7.90. The lowest BCUT2D eigenvalue weighted by Crippen LogP contribution is -2.41. The van der Waals surface area contributed by atoms with Crippen LogP contribution >= 0.6 is 0 Å². The van der Waals surface area contributed by atoms with E-state index in [9.17, 15) is 13.2 Å². The predicted molar refractivity (Wildman–Crippen MR) is 140 cm³/mol. The van der Waals surface area contributed by atoms with Gasteiger partial charge in [0.2, 0.25) is 5.91 Å². The molecule has 1 atom stereocenters. The first-order valence-electron chi connectivity index (χ1n) is 11.6. The maximum absolute atomic E-state index is 13.6. The molecule has 1 unspecified atom stereocenters. The molecule has 1 amide bonds. The van der Waals surface area contributed by atoms with Crippen LogP contribution in [0.15, 0.2) is 77.7 Å². The fourth-order valence-electron chi connectivity index (χ4n) is 3.82. The van der Waals surface area contributed by atoms with Gasteiger partial charge in [0.05, 0.1) is 23.7 Å². The summed E-state index contributed by atoms with van der Waals surface area (Å²) >= 11 is 0. The summed E-state index contributed by atoms with van der Waals surface area (Å²) < 4.78 is 33.6. The molecule has 7 heteroatoms. The van der Waals surface area contributed by atoms with Gasteiger partial charge in [-0.1, -0.05) is 63.2 Å². The van der Waals surface area contributed by atoms with Crippen LogP contribution in [-0.4, -0.2) is 28.0 Å². The molecule has 0 radical (unpaired) electrons. The molecular formula is C28H34N2O4S. The van der Waals surface area contributed by atoms with Gasteiger partial charge in [0, 0.05) is 0 Å². The van der Waals surface area contributed by atoms with Crippen LogP contribution in [0.5, 0.6) is 5.75 Å². The van der Waals surface area contributed by atoms with Crippen molar-refractivity contribution in [2.24, 2.45) is 0 Å². The van der Waals surface area contributed by atoms with Crippen LogP contribution in [0.3, 0.4) is 0 Å². The van der Waals surface area contributed by atoms with Gasteiger partial charge in [-0.05, 0) is 66.3 Å². The number of benzene rings is 3. The number of ether oxygens (including phenoxy) is 1. The maximum Gasteiger partial charge on any atom is 0.264 e. The normalized spacial score (nSPS) is 12.6. The monoisotopic (exact) mass is 494 g/mol. The lowest BCUT2D eigenvalue weighted by Gasteiger charge is -2.25. The highest BCUT2D eigenvalue weighted by molar-refractivity contribution is 7.92. The summed E-state index contributed by atoms with van der Waals surface area (Å²) in [5, 5.41) is 2.94. The molecule has 0 aromatic heterocycles. The van der Waals surface area contributed by atoms with E-state index < -0.39 is 15.9 Å². The molecule has 0 aliphatic heterocycles. The van der Waals surface area contributed by atoms with E-state index in [1.54, 1.807) is 49.4 Å². The predicted octanol–water partition coefficient (Wildman–Crippen LogP) is 5.37. The van der Waals surface area contributed by atoms with Crippen molar-refractivity contribution in [3.63, 3.8) is 0 Å². The van der Waals surface area contributed by atoms with Gasteiger partial charge in [0.15, 0.2) is 0 Å². The average molecular weight is 495 g/mol. The number of carbonyl (C=O) groups is 1. The molecule has 3 aromatic rings. The van der Waals surface area contributed by atoms with Crippen LogP contribution in [0.4, 0.5) is 5.69 Å². The molecule has 0 bridgehead atoms. The molecule has 6 nitrogen and oxygen atoms in total. The second-order valence-corrected chi connectivity index (χ2v) is 11.5. The highest BCUT2D eigenvalue weighted by Gasteiger charge is 2.28. The fourth-order valence-corrected chi connectivity index (χ4v) is 5.33. The summed E-state index contributed by atoms with van der Waals surface area (Å²) in [6.45, 7) is 9.77. The highest BCUT2D eigenvalue weighted by atomic mass is 32.2. The summed E-state index contributed by atoms with van der Waals surface area (Å²) in [6.07, 6.45) is 0. The fraction of sp³-hybridized carbons (Fsp3) is 0.321. The van der Waals surface area contributed by atoms with Gasteiger partial charge in [0.25, 0.3) is 10.0 Å². The van der Waals surface area contributed by atoms with Crippen molar-refractivity contribution in [3.05, 3.63) is 89.5 Å². The largest absolute Gasteiger partial charge is 0.496 e. The summed E-state index contributed by atoms with van der Waals surface area (Å²) in [7, 11) is -2.47. The Morgan fingerprint density at radius 3 is 2.17 bits per heavy atom. The topological polar surface area (TPSA) is 75.7 Å². The van der Waals surface area contributed by atoms with E-state index in [0.717, 1.165) is 9.87 Å². The van der Waals surface area contributed by atoms with Crippen LogP contribution in [0.1, 0.15) is 50.4 Å². The van der Waals surface area contributed by atoms with Crippen molar-refractivity contribution in [3.8, 4) is 5.75 Å². The molecular weight excluding hydrogens is 460 g/mol. The summed E-state index contributed by atoms with van der Waals surface area (Å²) in [5.41, 5.74) is 3.30. The number of aryl methyl sites for hydroxylation is 1. The minimum atomic E-state index is -4.00. The van der Waals surface area contributed by atoms with E-state index in [0.29, 0.717) is 17.0 Å². The van der Waals surface area contributed by atoms with Gasteiger partial charge in [-0.2, -0.15) is 0 Å². The Morgan fingerprint density at radius 1 is 1.00 bits per heavy atom. The van der Waals surface area contributed by atoms with Gasteiger partial charge < -0.3 is 10.1 Å². The van der Waals surface area contributed by atoms with E-state index in [-0.39, 0.29) is 22.9 Å². The van der Waals surface area contributed by atoms with Crippen LogP contribution in [0.25, 0.3) is 0 Å². The van der Waals surface area contributed by atoms with E-state index in [1.165, 1.54) is 18.7 Å². The lowest BCUT2D eigenvalue weighted by atomic mass is 9.86. The van der Waals surface area contributed by atoms with E-state index in [1.807, 2.05) is 19.1 Å². The molecule has 0 saturated carbocycles. The van der Waals surface area contributed by atoms with Gasteiger partial charge in [-0.3, -0.25) is 9.10 Å². The Balaban J connectivity index is 1.85. The number of para-hydroxylation sites is 1. The minimum absolute atomic E-state index is 0.0371. The third-order valence-corrected chi connectivity index (χ3v) is 7.71. The number of amides is 1. The zero-order valence-electron chi connectivity index (χ0n) is 21.2. The molecule has 0 spiro atoms. The number of hydrogen-bond acceptors (Lipinski definition) is 4. The summed E-state index contributed by atoms with van der Waals surface area (Å²) in [5.74, 6) is 0.203. The Hall–Kier alpha value is -3.32. The van der Waals surface area contributed by atoms with E-state index in [4.69, 9.17) is 4.74 Å². The van der Waals surface area contributed by atoms with Gasteiger partial charge >= 0.3 is 0 Å². The Morgan fingerprint density at radius 2 is 1.63 bits per heavy atom. The van der Waals surface area contributed by atoms with Gasteiger partial charge in [-0.25, -0.2) is 8.42 Å². The molecule has 1 N–H and O–H groups in total. The van der Waals surface area contributed by atoms with Crippen LogP contribution < -0.4 is 14.4 Å². The smallest absolute Gasteiger partial charge is 0.264 e. The Labute approximate surface area is 209 Å². The van der Waals surface area contributed by atoms with Crippen molar-refractivity contribution >= 4 is 21.6 Å². The number of carbonyl (C=O) groups excluding carboxylic acids is 1. The first kappa shape index (κ1) is 26.3. The molecule has 0 aliphatic carbocycles. The third-order valence-electron chi connectivity index (χ3n) is 5.94. The number of hydrogen-bond donors (Lipinski definition) is 1. The standard InChI is InChI=1S/C28H34N2O4S/c1-20-18-25(16-17-26(20)34-6)35(32,33)30(24-10-8-7-9-11-24)19-27(31)29-21(2)22-12-14-23(15-13-22)28(3,4)5/h7-18,21H,19H2,1-6H3,(H,29,31). The van der Waals surface area contributed by atoms with Crippen molar-refractivity contribution in [1.82, 2.24) is 5.32 Å². The maximum atomic E-state index is 13.6. The molecule has 186 valence electrons. The van der Waals surface area contributed by atoms with Gasteiger partial charge in [0.1, 0.15) is 12.3 Å². The SMILES string of the molecule is COc1ccc(S(=O)(=O)N(CC(=O)NC(C)c2ccc(C(C)(C)C)cc2)c2ccccc2)cc1C. The number of nitrogens with one attached hydrogen (secondary N) is 1. The molecule has 3 rings (SSSR count). The van der Waals surface area contributed by atoms with Crippen LogP contribution in [-0.2, 0) is 20.2 Å². The highest BCUT2D eigenvalue weighted by Crippen LogP contribution is 2.28. The van der Waals surface area contributed by atoms with Crippen LogP contribution in [0, 0.1) is 6.92 Å². The molecule has 3 aromatic carbocycles. The minimum Gasteiger partial charge on any atom is -0.496 e. The zero-order chi connectivity index (χ0) is 25.8. The molecule has 0 heterocycles. The van der Waals surface area contributed by atoms with Crippen molar-refractivity contribution in [2.45, 2.75) is 51.0 Å². The number of anilines is 1. The number of rotatable bonds is 8. The average Bonchev–Trinajstić information content (AvgIpc) is 2.82. The molecule has 0 fully saturated rings. The lowest BCUT2D eigenvalue weighted by molar-refractivity contribution is -0.120. The van der Waals surface area contributed by atoms with Crippen LogP contribution in [0.2, 0.25) is 0 Å². The molecule has 35 heavy (non-hydrogen) atoms. The van der Waals surface area contributed by atoms with E-state index in [2.05, 4.69) is 38.2 Å². The molecule has 0 aliphatic rings. The first-order chi connectivity index (χ1) is 16.4. The summed E-state index contributed by atoms with van der Waals surface area (Å²) in [4.78, 5) is 13.1. The number of nitrogens with zero attached hydrogens (tertiary/aromatic N) is 1. The van der Waals surface area contributed by atoms with Crippen molar-refractivity contribution < 1.29 is 17.9 Å². The zero-order valence-corrected chi connectivity index (χ0v) is 22.0. The molecule has 0 saturated heterocycles. The third kappa shape index (κ3) is 6.22.